The number of hydrogen-bond donors (Lipinski definition) is 2. The van der Waals surface area contributed by atoms with E-state index in [2.05, 4.69) is 46.6 Å². The van der Waals surface area contributed by atoms with Crippen LogP contribution in [-0.2, 0) is 4.74 Å². The molecule has 34 heavy (non-hydrogen) atoms. The molecule has 3 aromatic rings. The molecule has 0 amide bonds. The van der Waals surface area contributed by atoms with Crippen LogP contribution in [-0.4, -0.2) is 56.0 Å². The van der Waals surface area contributed by atoms with Crippen molar-refractivity contribution in [2.45, 2.75) is 31.1 Å². The van der Waals surface area contributed by atoms with E-state index < -0.39 is 6.10 Å². The summed E-state index contributed by atoms with van der Waals surface area (Å²) in [7, 11) is 1.69. The van der Waals surface area contributed by atoms with Crippen molar-refractivity contribution < 1.29 is 14.6 Å². The molecule has 0 saturated carbocycles. The third-order valence-electron chi connectivity index (χ3n) is 6.46. The maximum atomic E-state index is 10.7. The maximum absolute atomic E-state index is 10.7. The molecule has 3 aromatic carbocycles. The SMILES string of the molecule is COc1ccc(C(CNCC(O)COC(c2ccccc2)c2ccccc2)N2CCCC2)cc1. The van der Waals surface area contributed by atoms with Crippen molar-refractivity contribution >= 4 is 0 Å². The summed E-state index contributed by atoms with van der Waals surface area (Å²) < 4.78 is 11.6. The van der Waals surface area contributed by atoms with Gasteiger partial charge in [-0.1, -0.05) is 72.8 Å². The van der Waals surface area contributed by atoms with Crippen molar-refractivity contribution in [2.75, 3.05) is 39.9 Å². The van der Waals surface area contributed by atoms with Crippen molar-refractivity contribution in [3.8, 4) is 5.75 Å². The van der Waals surface area contributed by atoms with Gasteiger partial charge in [0, 0.05) is 19.1 Å². The van der Waals surface area contributed by atoms with Gasteiger partial charge in [0.2, 0.25) is 0 Å². The summed E-state index contributed by atoms with van der Waals surface area (Å²) in [6.45, 7) is 3.75. The Morgan fingerprint density at radius 2 is 1.38 bits per heavy atom. The highest BCUT2D eigenvalue weighted by Crippen LogP contribution is 2.27. The number of nitrogens with zero attached hydrogens (tertiary/aromatic N) is 1. The van der Waals surface area contributed by atoms with Crippen LogP contribution in [0.15, 0.2) is 84.9 Å². The topological polar surface area (TPSA) is 54.0 Å². The molecule has 1 aliphatic heterocycles. The quantitative estimate of drug-likeness (QED) is 0.414. The number of ether oxygens (including phenoxy) is 2. The molecule has 5 nitrogen and oxygen atoms in total. The van der Waals surface area contributed by atoms with Crippen LogP contribution in [0.3, 0.4) is 0 Å². The molecule has 1 fully saturated rings. The molecule has 5 heteroatoms. The summed E-state index contributed by atoms with van der Waals surface area (Å²) in [5, 5.41) is 14.2. The molecule has 0 bridgehead atoms. The third-order valence-corrected chi connectivity index (χ3v) is 6.46. The minimum absolute atomic E-state index is 0.200. The smallest absolute Gasteiger partial charge is 0.118 e. The zero-order valence-electron chi connectivity index (χ0n) is 20.0. The molecule has 2 unspecified atom stereocenters. The van der Waals surface area contributed by atoms with Gasteiger partial charge in [-0.3, -0.25) is 4.90 Å². The van der Waals surface area contributed by atoms with E-state index in [0.29, 0.717) is 6.54 Å². The highest BCUT2D eigenvalue weighted by Gasteiger charge is 2.24. The van der Waals surface area contributed by atoms with Gasteiger partial charge in [-0.15, -0.1) is 0 Å². The zero-order chi connectivity index (χ0) is 23.6. The largest absolute Gasteiger partial charge is 0.497 e. The summed E-state index contributed by atoms with van der Waals surface area (Å²) in [5.41, 5.74) is 3.44. The lowest BCUT2D eigenvalue weighted by Crippen LogP contribution is -2.38. The molecule has 1 heterocycles. The number of likely N-dealkylation sites (tertiary alicyclic amines) is 1. The molecule has 0 spiro atoms. The average Bonchev–Trinajstić information content (AvgIpc) is 3.43. The second-order valence-electron chi connectivity index (χ2n) is 8.88. The van der Waals surface area contributed by atoms with Gasteiger partial charge in [-0.2, -0.15) is 0 Å². The van der Waals surface area contributed by atoms with E-state index in [1.165, 1.54) is 18.4 Å². The fourth-order valence-corrected chi connectivity index (χ4v) is 4.63. The lowest BCUT2D eigenvalue weighted by Gasteiger charge is -2.29. The van der Waals surface area contributed by atoms with E-state index in [-0.39, 0.29) is 18.8 Å². The lowest BCUT2D eigenvalue weighted by molar-refractivity contribution is 0.00608. The van der Waals surface area contributed by atoms with Crippen LogP contribution in [0.1, 0.15) is 41.7 Å². The number of methoxy groups -OCH3 is 1. The number of rotatable bonds is 12. The van der Waals surface area contributed by atoms with E-state index in [9.17, 15) is 5.11 Å². The van der Waals surface area contributed by atoms with Gasteiger partial charge >= 0.3 is 0 Å². The first-order valence-electron chi connectivity index (χ1n) is 12.2. The standard InChI is InChI=1S/C29H36N2O3/c1-33-27-16-14-23(15-17-27)28(31-18-8-9-19-31)21-30-20-26(32)22-34-29(24-10-4-2-5-11-24)25-12-6-3-7-13-25/h2-7,10-17,26,28-30,32H,8-9,18-22H2,1H3. The number of aliphatic hydroxyl groups excluding tert-OH is 1. The summed E-state index contributed by atoms with van der Waals surface area (Å²) in [6.07, 6.45) is 1.69. The highest BCUT2D eigenvalue weighted by atomic mass is 16.5. The normalized spacial score (nSPS) is 16.0. The van der Waals surface area contributed by atoms with E-state index in [1.807, 2.05) is 48.5 Å². The Morgan fingerprint density at radius 3 is 1.94 bits per heavy atom. The van der Waals surface area contributed by atoms with Gasteiger partial charge in [0.05, 0.1) is 19.8 Å². The third kappa shape index (κ3) is 6.67. The fourth-order valence-electron chi connectivity index (χ4n) is 4.63. The van der Waals surface area contributed by atoms with Crippen LogP contribution in [0.5, 0.6) is 5.75 Å². The van der Waals surface area contributed by atoms with Gasteiger partial charge < -0.3 is 19.9 Å². The molecule has 1 aliphatic rings. The van der Waals surface area contributed by atoms with E-state index in [1.54, 1.807) is 7.11 Å². The molecule has 0 aromatic heterocycles. The van der Waals surface area contributed by atoms with Gasteiger partial charge in [-0.05, 0) is 54.8 Å². The Kier molecular flexibility index (Phi) is 9.11. The predicted molar refractivity (Wildman–Crippen MR) is 136 cm³/mol. The highest BCUT2D eigenvalue weighted by molar-refractivity contribution is 5.30. The minimum atomic E-state index is -0.593. The second-order valence-corrected chi connectivity index (χ2v) is 8.88. The first-order chi connectivity index (χ1) is 16.7. The Bertz CT molecular complexity index is 920. The molecule has 0 radical (unpaired) electrons. The first-order valence-corrected chi connectivity index (χ1v) is 12.2. The van der Waals surface area contributed by atoms with Gasteiger partial charge in [-0.25, -0.2) is 0 Å². The van der Waals surface area contributed by atoms with Crippen molar-refractivity contribution in [1.82, 2.24) is 10.2 Å². The maximum Gasteiger partial charge on any atom is 0.118 e. The second kappa shape index (κ2) is 12.7. The predicted octanol–water partition coefficient (Wildman–Crippen LogP) is 4.59. The lowest BCUT2D eigenvalue weighted by atomic mass is 10.0. The van der Waals surface area contributed by atoms with E-state index in [4.69, 9.17) is 9.47 Å². The van der Waals surface area contributed by atoms with Gasteiger partial charge in [0.15, 0.2) is 0 Å². The molecule has 180 valence electrons. The summed E-state index contributed by atoms with van der Waals surface area (Å²) in [6, 6.07) is 29.0. The number of aliphatic hydroxyl groups is 1. The van der Waals surface area contributed by atoms with Crippen LogP contribution in [0.2, 0.25) is 0 Å². The van der Waals surface area contributed by atoms with Crippen LogP contribution in [0.4, 0.5) is 0 Å². The van der Waals surface area contributed by atoms with Gasteiger partial charge in [0.1, 0.15) is 11.9 Å². The van der Waals surface area contributed by atoms with Crippen LogP contribution in [0.25, 0.3) is 0 Å². The van der Waals surface area contributed by atoms with Gasteiger partial charge in [0.25, 0.3) is 0 Å². The molecule has 0 aliphatic carbocycles. The molecule has 2 N–H and O–H groups in total. The Balaban J connectivity index is 1.33. The number of nitrogens with one attached hydrogen (secondary N) is 1. The van der Waals surface area contributed by atoms with Crippen molar-refractivity contribution in [2.24, 2.45) is 0 Å². The van der Waals surface area contributed by atoms with Crippen LogP contribution < -0.4 is 10.1 Å². The van der Waals surface area contributed by atoms with E-state index in [0.717, 1.165) is 36.5 Å². The monoisotopic (exact) mass is 460 g/mol. The summed E-state index contributed by atoms with van der Waals surface area (Å²) in [4.78, 5) is 2.53. The number of benzene rings is 3. The van der Waals surface area contributed by atoms with E-state index >= 15 is 0 Å². The first kappa shape index (κ1) is 24.4. The fraction of sp³-hybridized carbons (Fsp3) is 0.379. The summed E-state index contributed by atoms with van der Waals surface area (Å²) in [5.74, 6) is 0.871. The zero-order valence-corrected chi connectivity index (χ0v) is 20.0. The molecule has 2 atom stereocenters. The molecule has 4 rings (SSSR count). The van der Waals surface area contributed by atoms with Crippen LogP contribution in [0, 0.1) is 0 Å². The molecule has 1 saturated heterocycles. The number of hydrogen-bond acceptors (Lipinski definition) is 5. The Labute approximate surface area is 203 Å². The Hall–Kier alpha value is -2.70. The summed E-state index contributed by atoms with van der Waals surface area (Å²) >= 11 is 0. The average molecular weight is 461 g/mol. The van der Waals surface area contributed by atoms with Crippen LogP contribution >= 0.6 is 0 Å². The Morgan fingerprint density at radius 1 is 0.794 bits per heavy atom. The molecular formula is C29H36N2O3. The van der Waals surface area contributed by atoms with Crippen molar-refractivity contribution in [3.63, 3.8) is 0 Å². The van der Waals surface area contributed by atoms with Crippen molar-refractivity contribution in [1.29, 1.82) is 0 Å². The minimum Gasteiger partial charge on any atom is -0.497 e. The van der Waals surface area contributed by atoms with Crippen molar-refractivity contribution in [3.05, 3.63) is 102 Å². The molecular weight excluding hydrogens is 424 g/mol.